The van der Waals surface area contributed by atoms with Crippen LogP contribution in [0.1, 0.15) is 24.5 Å². The minimum Gasteiger partial charge on any atom is -0.389 e. The number of benzene rings is 1. The molecule has 0 radical (unpaired) electrons. The maximum absolute atomic E-state index is 13.5. The molecule has 5 heteroatoms. The lowest BCUT2D eigenvalue weighted by Gasteiger charge is -2.26. The zero-order valence-electron chi connectivity index (χ0n) is 11.2. The van der Waals surface area contributed by atoms with Crippen molar-refractivity contribution < 1.29 is 9.13 Å². The van der Waals surface area contributed by atoms with E-state index in [1.165, 1.54) is 12.1 Å². The number of thiocarbonyl (C=S) groups is 1. The van der Waals surface area contributed by atoms with E-state index >= 15 is 0 Å². The Morgan fingerprint density at radius 1 is 1.53 bits per heavy atom. The van der Waals surface area contributed by atoms with Crippen molar-refractivity contribution >= 4 is 17.2 Å². The molecule has 1 fully saturated rings. The van der Waals surface area contributed by atoms with Gasteiger partial charge in [0.2, 0.25) is 0 Å². The van der Waals surface area contributed by atoms with Gasteiger partial charge in [0.15, 0.2) is 0 Å². The average molecular weight is 282 g/mol. The summed E-state index contributed by atoms with van der Waals surface area (Å²) in [5.41, 5.74) is 7.01. The summed E-state index contributed by atoms with van der Waals surface area (Å²) in [4.78, 5) is 2.41. The molecular formula is C14H19FN2OS. The van der Waals surface area contributed by atoms with Gasteiger partial charge in [-0.25, -0.2) is 4.39 Å². The Hall–Kier alpha value is -1.04. The largest absolute Gasteiger partial charge is 0.389 e. The average Bonchev–Trinajstić information content (AvgIpc) is 2.74. The van der Waals surface area contributed by atoms with Gasteiger partial charge in [-0.3, -0.25) is 4.90 Å². The quantitative estimate of drug-likeness (QED) is 0.858. The molecule has 2 rings (SSSR count). The number of rotatable bonds is 4. The molecule has 3 nitrogen and oxygen atoms in total. The molecule has 0 bridgehead atoms. The first-order valence-corrected chi connectivity index (χ1v) is 6.79. The molecule has 0 amide bonds. The third-order valence-corrected chi connectivity index (χ3v) is 3.81. The fraction of sp³-hybridized carbons (Fsp3) is 0.500. The van der Waals surface area contributed by atoms with Crippen LogP contribution in [-0.2, 0) is 11.3 Å². The van der Waals surface area contributed by atoms with Crippen LogP contribution in [0.3, 0.4) is 0 Å². The zero-order chi connectivity index (χ0) is 14.0. The highest BCUT2D eigenvalue weighted by Gasteiger charge is 2.27. The zero-order valence-corrected chi connectivity index (χ0v) is 12.0. The molecule has 1 heterocycles. The smallest absolute Gasteiger partial charge is 0.124 e. The molecule has 2 N–H and O–H groups in total. The number of hydrogen-bond donors (Lipinski definition) is 1. The summed E-state index contributed by atoms with van der Waals surface area (Å²) >= 11 is 4.90. The van der Waals surface area contributed by atoms with Crippen molar-refractivity contribution in [1.82, 2.24) is 4.90 Å². The minimum atomic E-state index is -0.301. The van der Waals surface area contributed by atoms with E-state index in [-0.39, 0.29) is 16.9 Å². The molecule has 0 saturated carbocycles. The van der Waals surface area contributed by atoms with Gasteiger partial charge in [0.1, 0.15) is 10.8 Å². The summed E-state index contributed by atoms with van der Waals surface area (Å²) < 4.78 is 19.1. The highest BCUT2D eigenvalue weighted by molar-refractivity contribution is 7.80. The van der Waals surface area contributed by atoms with Crippen molar-refractivity contribution in [3.05, 3.63) is 35.1 Å². The van der Waals surface area contributed by atoms with Crippen molar-refractivity contribution in [2.45, 2.75) is 32.0 Å². The Kier molecular flexibility index (Phi) is 4.50. The van der Waals surface area contributed by atoms with Crippen LogP contribution in [0.5, 0.6) is 0 Å². The Labute approximate surface area is 118 Å². The van der Waals surface area contributed by atoms with Gasteiger partial charge in [-0.05, 0) is 44.2 Å². The summed E-state index contributed by atoms with van der Waals surface area (Å²) in [7, 11) is 2.03. The van der Waals surface area contributed by atoms with Crippen molar-refractivity contribution in [2.75, 3.05) is 13.7 Å². The predicted molar refractivity (Wildman–Crippen MR) is 77.6 cm³/mol. The predicted octanol–water partition coefficient (Wildman–Crippen LogP) is 2.07. The van der Waals surface area contributed by atoms with Crippen LogP contribution in [-0.4, -0.2) is 35.7 Å². The van der Waals surface area contributed by atoms with Crippen LogP contribution < -0.4 is 5.73 Å². The van der Waals surface area contributed by atoms with Crippen LogP contribution in [0.25, 0.3) is 0 Å². The van der Waals surface area contributed by atoms with Crippen LogP contribution >= 0.6 is 12.2 Å². The van der Waals surface area contributed by atoms with Crippen molar-refractivity contribution in [2.24, 2.45) is 5.73 Å². The molecule has 104 valence electrons. The molecular weight excluding hydrogens is 263 g/mol. The van der Waals surface area contributed by atoms with Gasteiger partial charge in [0.05, 0.1) is 6.10 Å². The standard InChI is InChI=1S/C14H19FN2OS/c1-9-13(3-4-18-9)17(2)8-10-5-11(14(16)19)7-12(15)6-10/h5-7,9,13H,3-4,8H2,1-2H3,(H2,16,19). The molecule has 1 aromatic rings. The van der Waals surface area contributed by atoms with Crippen molar-refractivity contribution in [1.29, 1.82) is 0 Å². The monoisotopic (exact) mass is 282 g/mol. The Balaban J connectivity index is 2.12. The highest BCUT2D eigenvalue weighted by atomic mass is 32.1. The van der Waals surface area contributed by atoms with Crippen LogP contribution in [0.4, 0.5) is 4.39 Å². The van der Waals surface area contributed by atoms with E-state index < -0.39 is 0 Å². The van der Waals surface area contributed by atoms with Gasteiger partial charge in [-0.1, -0.05) is 12.2 Å². The third kappa shape index (κ3) is 3.49. The van der Waals surface area contributed by atoms with Crippen molar-refractivity contribution in [3.63, 3.8) is 0 Å². The summed E-state index contributed by atoms with van der Waals surface area (Å²) in [5, 5.41) is 0. The maximum atomic E-state index is 13.5. The normalized spacial score (nSPS) is 22.9. The summed E-state index contributed by atoms with van der Waals surface area (Å²) in [6.07, 6.45) is 1.23. The molecule has 0 aromatic heterocycles. The first-order chi connectivity index (χ1) is 8.97. The van der Waals surface area contributed by atoms with E-state index in [1.807, 2.05) is 13.1 Å². The molecule has 1 saturated heterocycles. The second kappa shape index (κ2) is 5.94. The summed E-state index contributed by atoms with van der Waals surface area (Å²) in [6.45, 7) is 3.52. The lowest BCUT2D eigenvalue weighted by atomic mass is 10.1. The first kappa shape index (κ1) is 14.4. The van der Waals surface area contributed by atoms with Crippen LogP contribution in [0, 0.1) is 5.82 Å². The highest BCUT2D eigenvalue weighted by Crippen LogP contribution is 2.20. The van der Waals surface area contributed by atoms with E-state index in [0.29, 0.717) is 18.2 Å². The number of nitrogens with zero attached hydrogens (tertiary/aromatic N) is 1. The van der Waals surface area contributed by atoms with E-state index in [2.05, 4.69) is 11.8 Å². The minimum absolute atomic E-state index is 0.216. The molecule has 0 aliphatic carbocycles. The van der Waals surface area contributed by atoms with E-state index in [4.69, 9.17) is 22.7 Å². The number of nitrogens with two attached hydrogens (primary N) is 1. The number of hydrogen-bond acceptors (Lipinski definition) is 3. The van der Waals surface area contributed by atoms with Gasteiger partial charge in [0, 0.05) is 24.8 Å². The molecule has 19 heavy (non-hydrogen) atoms. The molecule has 2 atom stereocenters. The summed E-state index contributed by atoms with van der Waals surface area (Å²) in [6, 6.07) is 5.12. The Bertz CT molecular complexity index is 481. The van der Waals surface area contributed by atoms with Gasteiger partial charge >= 0.3 is 0 Å². The topological polar surface area (TPSA) is 38.5 Å². The van der Waals surface area contributed by atoms with E-state index in [9.17, 15) is 4.39 Å². The lowest BCUT2D eigenvalue weighted by molar-refractivity contribution is 0.0814. The van der Waals surface area contributed by atoms with Crippen LogP contribution in [0.2, 0.25) is 0 Å². The maximum Gasteiger partial charge on any atom is 0.124 e. The molecule has 2 unspecified atom stereocenters. The SMILES string of the molecule is CC1OCCC1N(C)Cc1cc(F)cc(C(N)=S)c1. The lowest BCUT2D eigenvalue weighted by Crippen LogP contribution is -2.36. The van der Waals surface area contributed by atoms with Gasteiger partial charge in [-0.15, -0.1) is 0 Å². The van der Waals surface area contributed by atoms with Gasteiger partial charge in [0.25, 0.3) is 0 Å². The summed E-state index contributed by atoms with van der Waals surface area (Å²) in [5.74, 6) is -0.301. The first-order valence-electron chi connectivity index (χ1n) is 6.38. The number of ether oxygens (including phenoxy) is 1. The number of likely N-dealkylation sites (N-methyl/N-ethyl adjacent to an activating group) is 1. The molecule has 1 aromatic carbocycles. The molecule has 1 aliphatic rings. The van der Waals surface area contributed by atoms with Gasteiger partial charge < -0.3 is 10.5 Å². The van der Waals surface area contributed by atoms with Crippen molar-refractivity contribution in [3.8, 4) is 0 Å². The molecule has 1 aliphatic heterocycles. The third-order valence-electron chi connectivity index (χ3n) is 3.58. The fourth-order valence-electron chi connectivity index (χ4n) is 2.59. The van der Waals surface area contributed by atoms with E-state index in [0.717, 1.165) is 18.6 Å². The number of halogens is 1. The second-order valence-corrected chi connectivity index (χ2v) is 5.50. The Morgan fingerprint density at radius 2 is 2.26 bits per heavy atom. The fourth-order valence-corrected chi connectivity index (χ4v) is 2.71. The van der Waals surface area contributed by atoms with Gasteiger partial charge in [-0.2, -0.15) is 0 Å². The second-order valence-electron chi connectivity index (χ2n) is 5.06. The van der Waals surface area contributed by atoms with E-state index in [1.54, 1.807) is 0 Å². The van der Waals surface area contributed by atoms with Crippen LogP contribution in [0.15, 0.2) is 18.2 Å². The molecule has 0 spiro atoms. The Morgan fingerprint density at radius 3 is 2.84 bits per heavy atom.